The summed E-state index contributed by atoms with van der Waals surface area (Å²) in [6.45, 7) is 3.35. The zero-order valence-electron chi connectivity index (χ0n) is 10.1. The second kappa shape index (κ2) is 5.26. The molecule has 1 aromatic carbocycles. The third-order valence-corrected chi connectivity index (χ3v) is 4.53. The number of likely N-dealkylation sites (tertiary alicyclic amines) is 1. The third-order valence-electron chi connectivity index (χ3n) is 3.34. The molecule has 2 atom stereocenters. The number of hydrogen-bond acceptors (Lipinski definition) is 2. The van der Waals surface area contributed by atoms with Crippen molar-refractivity contribution in [3.63, 3.8) is 0 Å². The monoisotopic (exact) mass is 315 g/mol. The minimum atomic E-state index is -0.676. The molecule has 3 nitrogen and oxygen atoms in total. The van der Waals surface area contributed by atoms with Crippen molar-refractivity contribution in [2.45, 2.75) is 18.2 Å². The first-order valence-corrected chi connectivity index (χ1v) is 6.82. The topological polar surface area (TPSA) is 40.5 Å². The Morgan fingerprint density at radius 1 is 1.56 bits per heavy atom. The number of rotatable bonds is 1. The largest absolute Gasteiger partial charge is 0.508 e. The highest BCUT2D eigenvalue weighted by Gasteiger charge is 2.28. The van der Waals surface area contributed by atoms with E-state index in [9.17, 15) is 9.18 Å². The van der Waals surface area contributed by atoms with Crippen LogP contribution in [0.15, 0.2) is 18.2 Å². The van der Waals surface area contributed by atoms with Crippen LogP contribution < -0.4 is 0 Å². The average Bonchev–Trinajstić information content (AvgIpc) is 2.32. The minimum absolute atomic E-state index is 0.0158. The molecule has 1 saturated heterocycles. The lowest BCUT2D eigenvalue weighted by Crippen LogP contribution is -2.43. The first-order chi connectivity index (χ1) is 8.49. The van der Waals surface area contributed by atoms with E-state index in [0.717, 1.165) is 12.5 Å². The Balaban J connectivity index is 2.16. The van der Waals surface area contributed by atoms with Crippen LogP contribution in [0.4, 0.5) is 4.39 Å². The van der Waals surface area contributed by atoms with Crippen molar-refractivity contribution >= 4 is 21.8 Å². The number of carbonyl (C=O) groups is 1. The van der Waals surface area contributed by atoms with Gasteiger partial charge in [-0.1, -0.05) is 22.9 Å². The lowest BCUT2D eigenvalue weighted by atomic mass is 9.98. The molecular formula is C13H15BrFNO2. The number of piperidine rings is 1. The SMILES string of the molecule is CC1CCN(C(=O)c2ccc(O)cc2F)CC1Br. The van der Waals surface area contributed by atoms with Gasteiger partial charge >= 0.3 is 0 Å². The second-order valence-corrected chi connectivity index (χ2v) is 5.87. The van der Waals surface area contributed by atoms with Crippen molar-refractivity contribution in [1.29, 1.82) is 0 Å². The molecule has 1 heterocycles. The standard InChI is InChI=1S/C13H15BrFNO2/c1-8-4-5-16(7-11(8)14)13(18)10-3-2-9(17)6-12(10)15/h2-3,6,8,11,17H,4-5,7H2,1H3. The van der Waals surface area contributed by atoms with E-state index in [1.54, 1.807) is 4.90 Å². The summed E-state index contributed by atoms with van der Waals surface area (Å²) in [4.78, 5) is 14.1. The third kappa shape index (κ3) is 2.66. The van der Waals surface area contributed by atoms with Crippen LogP contribution in [-0.2, 0) is 0 Å². The molecule has 1 aliphatic heterocycles. The molecule has 2 unspecified atom stereocenters. The number of phenols is 1. The first-order valence-electron chi connectivity index (χ1n) is 5.91. The van der Waals surface area contributed by atoms with Crippen molar-refractivity contribution in [3.05, 3.63) is 29.6 Å². The molecule has 0 radical (unpaired) electrons. The molecule has 2 rings (SSSR count). The molecule has 18 heavy (non-hydrogen) atoms. The Kier molecular flexibility index (Phi) is 3.90. The summed E-state index contributed by atoms with van der Waals surface area (Å²) < 4.78 is 13.6. The van der Waals surface area contributed by atoms with E-state index in [0.29, 0.717) is 19.0 Å². The summed E-state index contributed by atoms with van der Waals surface area (Å²) in [7, 11) is 0. The zero-order chi connectivity index (χ0) is 13.3. The maximum Gasteiger partial charge on any atom is 0.256 e. The van der Waals surface area contributed by atoms with Gasteiger partial charge in [-0.05, 0) is 24.5 Å². The molecule has 98 valence electrons. The average molecular weight is 316 g/mol. The fraction of sp³-hybridized carbons (Fsp3) is 0.462. The Labute approximate surface area is 114 Å². The van der Waals surface area contributed by atoms with Gasteiger partial charge < -0.3 is 10.0 Å². The normalized spacial score (nSPS) is 24.1. The van der Waals surface area contributed by atoms with E-state index in [1.807, 2.05) is 0 Å². The van der Waals surface area contributed by atoms with E-state index in [2.05, 4.69) is 22.9 Å². The van der Waals surface area contributed by atoms with E-state index in [-0.39, 0.29) is 22.0 Å². The molecular weight excluding hydrogens is 301 g/mol. The molecule has 0 spiro atoms. The predicted octanol–water partition coefficient (Wildman–Crippen LogP) is 2.78. The Morgan fingerprint density at radius 2 is 2.28 bits per heavy atom. The van der Waals surface area contributed by atoms with E-state index in [1.165, 1.54) is 12.1 Å². The molecule has 1 fully saturated rings. The van der Waals surface area contributed by atoms with Crippen molar-refractivity contribution < 1.29 is 14.3 Å². The predicted molar refractivity (Wildman–Crippen MR) is 70.5 cm³/mol. The summed E-state index contributed by atoms with van der Waals surface area (Å²) in [5.74, 6) is -0.651. The van der Waals surface area contributed by atoms with Crippen molar-refractivity contribution in [2.75, 3.05) is 13.1 Å². The summed E-state index contributed by atoms with van der Waals surface area (Å²) in [5, 5.41) is 9.13. The molecule has 0 bridgehead atoms. The summed E-state index contributed by atoms with van der Waals surface area (Å²) in [6.07, 6.45) is 0.904. The maximum absolute atomic E-state index is 13.6. The van der Waals surface area contributed by atoms with Crippen LogP contribution in [0.2, 0.25) is 0 Å². The number of carbonyl (C=O) groups excluding carboxylic acids is 1. The highest BCUT2D eigenvalue weighted by atomic mass is 79.9. The zero-order valence-corrected chi connectivity index (χ0v) is 11.7. The van der Waals surface area contributed by atoms with Crippen LogP contribution in [-0.4, -0.2) is 33.8 Å². The van der Waals surface area contributed by atoms with E-state index >= 15 is 0 Å². The van der Waals surface area contributed by atoms with Crippen molar-refractivity contribution in [2.24, 2.45) is 5.92 Å². The van der Waals surface area contributed by atoms with Gasteiger partial charge in [0.2, 0.25) is 0 Å². The summed E-state index contributed by atoms with van der Waals surface area (Å²) in [5.41, 5.74) is 0.0158. The van der Waals surface area contributed by atoms with Crippen LogP contribution in [0.25, 0.3) is 0 Å². The van der Waals surface area contributed by atoms with Crippen LogP contribution in [0, 0.1) is 11.7 Å². The Hall–Kier alpha value is -1.10. The molecule has 1 amide bonds. The number of hydrogen-bond donors (Lipinski definition) is 1. The molecule has 1 aromatic rings. The number of benzene rings is 1. The number of phenolic OH excluding ortho intramolecular Hbond substituents is 1. The van der Waals surface area contributed by atoms with Crippen LogP contribution in [0.3, 0.4) is 0 Å². The van der Waals surface area contributed by atoms with Gasteiger partial charge in [0.25, 0.3) is 5.91 Å². The summed E-state index contributed by atoms with van der Waals surface area (Å²) in [6, 6.07) is 3.62. The molecule has 0 aliphatic carbocycles. The van der Waals surface area contributed by atoms with E-state index in [4.69, 9.17) is 5.11 Å². The fourth-order valence-electron chi connectivity index (χ4n) is 2.05. The highest BCUT2D eigenvalue weighted by molar-refractivity contribution is 9.09. The van der Waals surface area contributed by atoms with Crippen molar-refractivity contribution in [3.8, 4) is 5.75 Å². The molecule has 1 aliphatic rings. The Bertz CT molecular complexity index is 466. The van der Waals surface area contributed by atoms with Gasteiger partial charge in [-0.3, -0.25) is 4.79 Å². The second-order valence-electron chi connectivity index (χ2n) is 4.70. The fourth-order valence-corrected chi connectivity index (χ4v) is 2.67. The van der Waals surface area contributed by atoms with Gasteiger partial charge in [-0.15, -0.1) is 0 Å². The smallest absolute Gasteiger partial charge is 0.256 e. The first kappa shape index (κ1) is 13.3. The number of nitrogens with zero attached hydrogens (tertiary/aromatic N) is 1. The molecule has 0 aromatic heterocycles. The van der Waals surface area contributed by atoms with E-state index < -0.39 is 5.82 Å². The van der Waals surface area contributed by atoms with Gasteiger partial charge in [0.15, 0.2) is 0 Å². The van der Waals surface area contributed by atoms with Crippen LogP contribution in [0.5, 0.6) is 5.75 Å². The minimum Gasteiger partial charge on any atom is -0.508 e. The number of alkyl halides is 1. The van der Waals surface area contributed by atoms with Crippen LogP contribution >= 0.6 is 15.9 Å². The number of amides is 1. The summed E-state index contributed by atoms with van der Waals surface area (Å²) >= 11 is 3.54. The quantitative estimate of drug-likeness (QED) is 0.810. The highest BCUT2D eigenvalue weighted by Crippen LogP contribution is 2.25. The van der Waals surface area contributed by atoms with Crippen LogP contribution in [0.1, 0.15) is 23.7 Å². The number of halogens is 2. The van der Waals surface area contributed by atoms with Gasteiger partial charge in [0.1, 0.15) is 11.6 Å². The maximum atomic E-state index is 13.6. The molecule has 1 N–H and O–H groups in total. The lowest BCUT2D eigenvalue weighted by Gasteiger charge is -2.34. The van der Waals surface area contributed by atoms with Gasteiger partial charge in [0.05, 0.1) is 5.56 Å². The van der Waals surface area contributed by atoms with Gasteiger partial charge in [0, 0.05) is 24.0 Å². The van der Waals surface area contributed by atoms with Gasteiger partial charge in [-0.2, -0.15) is 0 Å². The molecule has 5 heteroatoms. The van der Waals surface area contributed by atoms with Crippen molar-refractivity contribution in [1.82, 2.24) is 4.90 Å². The molecule has 0 saturated carbocycles. The van der Waals surface area contributed by atoms with Gasteiger partial charge in [-0.25, -0.2) is 4.39 Å². The Morgan fingerprint density at radius 3 is 2.89 bits per heavy atom. The lowest BCUT2D eigenvalue weighted by molar-refractivity contribution is 0.0701. The number of aromatic hydroxyl groups is 1.